The van der Waals surface area contributed by atoms with Crippen LogP contribution in [-0.4, -0.2) is 17.0 Å². The summed E-state index contributed by atoms with van der Waals surface area (Å²) in [4.78, 5) is 23.2. The van der Waals surface area contributed by atoms with Crippen molar-refractivity contribution in [1.29, 1.82) is 0 Å². The summed E-state index contributed by atoms with van der Waals surface area (Å²) in [6.45, 7) is 0. The quantitative estimate of drug-likeness (QED) is 0.768. The van der Waals surface area contributed by atoms with E-state index in [-0.39, 0.29) is 5.91 Å². The van der Waals surface area contributed by atoms with Crippen LogP contribution in [-0.2, 0) is 11.2 Å². The fourth-order valence-electron chi connectivity index (χ4n) is 2.01. The molecule has 4 nitrogen and oxygen atoms in total. The van der Waals surface area contributed by atoms with Gasteiger partial charge in [0.05, 0.1) is 6.42 Å². The lowest BCUT2D eigenvalue weighted by molar-refractivity contribution is -0.115. The molecule has 0 aliphatic heterocycles. The van der Waals surface area contributed by atoms with E-state index in [0.717, 1.165) is 15.6 Å². The van der Waals surface area contributed by atoms with Crippen LogP contribution in [0.5, 0.6) is 0 Å². The van der Waals surface area contributed by atoms with Crippen LogP contribution < -0.4 is 5.32 Å². The van der Waals surface area contributed by atoms with E-state index in [0.29, 0.717) is 17.0 Å². The number of carbonyl (C=O) groups excluding carboxylic acids is 1. The minimum atomic E-state index is -0.931. The third kappa shape index (κ3) is 3.12. The molecule has 0 aliphatic carbocycles. The summed E-state index contributed by atoms with van der Waals surface area (Å²) >= 11 is 2.79. The molecule has 6 heteroatoms. The van der Waals surface area contributed by atoms with E-state index in [2.05, 4.69) is 5.32 Å². The molecule has 0 spiro atoms. The van der Waals surface area contributed by atoms with Gasteiger partial charge in [0.1, 0.15) is 4.88 Å². The molecule has 0 bridgehead atoms. The molecule has 3 rings (SSSR count). The predicted molar refractivity (Wildman–Crippen MR) is 85.4 cm³/mol. The van der Waals surface area contributed by atoms with Crippen molar-refractivity contribution in [3.05, 3.63) is 51.5 Å². The fraction of sp³-hybridized carbons (Fsp3) is 0.0667. The molecule has 106 valence electrons. The van der Waals surface area contributed by atoms with Crippen molar-refractivity contribution >= 4 is 50.3 Å². The highest BCUT2D eigenvalue weighted by Gasteiger charge is 2.10. The summed E-state index contributed by atoms with van der Waals surface area (Å²) in [5.41, 5.74) is 1.67. The van der Waals surface area contributed by atoms with Gasteiger partial charge in [0.25, 0.3) is 0 Å². The number of carboxylic acids is 1. The number of amides is 1. The molecule has 0 atom stereocenters. The number of hydrogen-bond acceptors (Lipinski definition) is 4. The molecule has 3 aromatic rings. The summed E-state index contributed by atoms with van der Waals surface area (Å²) in [6.07, 6.45) is 0.339. The van der Waals surface area contributed by atoms with E-state index < -0.39 is 5.97 Å². The van der Waals surface area contributed by atoms with Crippen LogP contribution in [0.1, 0.15) is 15.2 Å². The number of fused-ring (bicyclic) bond motifs is 1. The zero-order valence-corrected chi connectivity index (χ0v) is 12.5. The number of carbonyl (C=O) groups is 2. The Hall–Kier alpha value is -2.18. The normalized spacial score (nSPS) is 10.7. The maximum absolute atomic E-state index is 11.9. The topological polar surface area (TPSA) is 66.4 Å². The highest BCUT2D eigenvalue weighted by atomic mass is 32.1. The highest BCUT2D eigenvalue weighted by molar-refractivity contribution is 7.20. The van der Waals surface area contributed by atoms with E-state index in [4.69, 9.17) is 5.11 Å². The van der Waals surface area contributed by atoms with Gasteiger partial charge in [-0.15, -0.1) is 11.3 Å². The third-order valence-corrected chi connectivity index (χ3v) is 4.79. The fourth-order valence-corrected chi connectivity index (χ4v) is 3.56. The molecule has 2 aromatic heterocycles. The molecule has 2 N–H and O–H groups in total. The largest absolute Gasteiger partial charge is 0.477 e. The second-order valence-electron chi connectivity index (χ2n) is 4.52. The van der Waals surface area contributed by atoms with Crippen LogP contribution in [0.2, 0.25) is 0 Å². The van der Waals surface area contributed by atoms with Crippen molar-refractivity contribution in [2.45, 2.75) is 6.42 Å². The zero-order chi connectivity index (χ0) is 14.8. The number of anilines is 1. The predicted octanol–water partition coefficient (Wildman–Crippen LogP) is 3.84. The van der Waals surface area contributed by atoms with Gasteiger partial charge < -0.3 is 10.4 Å². The van der Waals surface area contributed by atoms with E-state index in [1.54, 1.807) is 29.5 Å². The number of rotatable bonds is 4. The zero-order valence-electron chi connectivity index (χ0n) is 10.8. The Morgan fingerprint density at radius 3 is 2.76 bits per heavy atom. The molecule has 0 saturated heterocycles. The van der Waals surface area contributed by atoms with Crippen LogP contribution in [0, 0.1) is 0 Å². The van der Waals surface area contributed by atoms with Crippen molar-refractivity contribution in [2.24, 2.45) is 0 Å². The van der Waals surface area contributed by atoms with Crippen LogP contribution in [0.4, 0.5) is 5.69 Å². The van der Waals surface area contributed by atoms with Crippen molar-refractivity contribution in [2.75, 3.05) is 5.32 Å². The van der Waals surface area contributed by atoms with E-state index in [1.807, 2.05) is 22.9 Å². The molecular weight excluding hydrogens is 306 g/mol. The van der Waals surface area contributed by atoms with Crippen LogP contribution in [0.3, 0.4) is 0 Å². The van der Waals surface area contributed by atoms with Gasteiger partial charge in [0.2, 0.25) is 5.91 Å². The van der Waals surface area contributed by atoms with Crippen LogP contribution >= 0.6 is 22.7 Å². The molecule has 1 amide bonds. The van der Waals surface area contributed by atoms with Gasteiger partial charge in [-0.05, 0) is 52.0 Å². The average molecular weight is 317 g/mol. The Morgan fingerprint density at radius 2 is 2.05 bits per heavy atom. The Balaban J connectivity index is 1.77. The van der Waals surface area contributed by atoms with Crippen molar-refractivity contribution < 1.29 is 14.7 Å². The number of aromatic carboxylic acids is 1. The SMILES string of the molecule is O=C(Cc1ccsc1)Nc1ccc2sc(C(=O)O)cc2c1. The Labute approximate surface area is 128 Å². The van der Waals surface area contributed by atoms with E-state index in [1.165, 1.54) is 11.3 Å². The maximum atomic E-state index is 11.9. The minimum Gasteiger partial charge on any atom is -0.477 e. The lowest BCUT2D eigenvalue weighted by Gasteiger charge is -2.04. The molecule has 21 heavy (non-hydrogen) atoms. The Bertz CT molecular complexity index is 806. The van der Waals surface area contributed by atoms with Gasteiger partial charge in [0.15, 0.2) is 0 Å². The van der Waals surface area contributed by atoms with Crippen molar-refractivity contribution in [3.63, 3.8) is 0 Å². The van der Waals surface area contributed by atoms with Crippen molar-refractivity contribution in [1.82, 2.24) is 0 Å². The van der Waals surface area contributed by atoms with E-state index >= 15 is 0 Å². The van der Waals surface area contributed by atoms with Gasteiger partial charge in [-0.2, -0.15) is 11.3 Å². The minimum absolute atomic E-state index is 0.0820. The highest BCUT2D eigenvalue weighted by Crippen LogP contribution is 2.28. The first kappa shape index (κ1) is 13.8. The molecule has 1 aromatic carbocycles. The molecule has 2 heterocycles. The molecular formula is C15H11NO3S2. The van der Waals surface area contributed by atoms with Crippen LogP contribution in [0.25, 0.3) is 10.1 Å². The second kappa shape index (κ2) is 5.67. The Kier molecular flexibility index (Phi) is 3.72. The average Bonchev–Trinajstić information content (AvgIpc) is 3.06. The molecule has 0 unspecified atom stereocenters. The number of benzene rings is 1. The van der Waals surface area contributed by atoms with Gasteiger partial charge in [0, 0.05) is 10.4 Å². The lowest BCUT2D eigenvalue weighted by Crippen LogP contribution is -2.13. The molecule has 0 aliphatic rings. The Morgan fingerprint density at radius 1 is 1.19 bits per heavy atom. The summed E-state index contributed by atoms with van der Waals surface area (Å²) < 4.78 is 0.892. The molecule has 0 fully saturated rings. The summed E-state index contributed by atoms with van der Waals surface area (Å²) in [7, 11) is 0. The van der Waals surface area contributed by atoms with Gasteiger partial charge in [-0.25, -0.2) is 4.79 Å². The summed E-state index contributed by atoms with van der Waals surface area (Å²) in [6, 6.07) is 8.95. The first-order valence-corrected chi connectivity index (χ1v) is 7.95. The van der Waals surface area contributed by atoms with E-state index in [9.17, 15) is 9.59 Å². The lowest BCUT2D eigenvalue weighted by atomic mass is 10.2. The third-order valence-electron chi connectivity index (χ3n) is 2.96. The molecule has 0 radical (unpaired) electrons. The number of carboxylic acid groups (broad SMARTS) is 1. The summed E-state index contributed by atoms with van der Waals surface area (Å²) in [5, 5.41) is 16.5. The monoisotopic (exact) mass is 317 g/mol. The van der Waals surface area contributed by atoms with Gasteiger partial charge >= 0.3 is 5.97 Å². The maximum Gasteiger partial charge on any atom is 0.345 e. The first-order valence-electron chi connectivity index (χ1n) is 6.19. The summed E-state index contributed by atoms with van der Waals surface area (Å²) in [5.74, 6) is -1.01. The van der Waals surface area contributed by atoms with Crippen LogP contribution in [0.15, 0.2) is 41.1 Å². The van der Waals surface area contributed by atoms with Gasteiger partial charge in [-0.1, -0.05) is 0 Å². The second-order valence-corrected chi connectivity index (χ2v) is 6.39. The molecule has 0 saturated carbocycles. The standard InChI is InChI=1S/C15H11NO3S2/c17-14(5-9-3-4-20-8-9)16-11-1-2-12-10(6-11)7-13(21-12)15(18)19/h1-4,6-8H,5H2,(H,16,17)(H,18,19). The van der Waals surface area contributed by atoms with Gasteiger partial charge in [-0.3, -0.25) is 4.79 Å². The first-order chi connectivity index (χ1) is 10.1. The smallest absolute Gasteiger partial charge is 0.345 e. The van der Waals surface area contributed by atoms with Crippen molar-refractivity contribution in [3.8, 4) is 0 Å². The number of thiophene rings is 2. The number of nitrogens with one attached hydrogen (secondary N) is 1. The number of hydrogen-bond donors (Lipinski definition) is 2.